The van der Waals surface area contributed by atoms with Gasteiger partial charge in [-0.1, -0.05) is 0 Å². The number of rotatable bonds is 3. The molecule has 0 atom stereocenters. The van der Waals surface area contributed by atoms with Crippen molar-refractivity contribution in [3.63, 3.8) is 0 Å². The second-order valence-corrected chi connectivity index (χ2v) is 10.8. The summed E-state index contributed by atoms with van der Waals surface area (Å²) in [5.74, 6) is 0. The minimum atomic E-state index is 0.263. The number of benzene rings is 1. The first-order chi connectivity index (χ1) is 10.2. The van der Waals surface area contributed by atoms with E-state index in [4.69, 9.17) is 0 Å². The fourth-order valence-corrected chi connectivity index (χ4v) is 3.41. The zero-order chi connectivity index (χ0) is 18.1. The van der Waals surface area contributed by atoms with Crippen molar-refractivity contribution in [2.75, 3.05) is 0 Å². The van der Waals surface area contributed by atoms with E-state index in [0.29, 0.717) is 5.41 Å². The molecule has 0 aromatic heterocycles. The normalized spacial score (nSPS) is 13.0. The van der Waals surface area contributed by atoms with Gasteiger partial charge in [-0.15, -0.1) is 0 Å². The van der Waals surface area contributed by atoms with E-state index >= 15 is 0 Å². The van der Waals surface area contributed by atoms with Crippen molar-refractivity contribution in [2.45, 2.75) is 81.6 Å². The molecule has 0 bridgehead atoms. The Balaban J connectivity index is 3.44. The van der Waals surface area contributed by atoms with Crippen LogP contribution < -0.4 is 0 Å². The Morgan fingerprint density at radius 2 is 1.04 bits per heavy atom. The van der Waals surface area contributed by atoms with Crippen LogP contribution in [0.2, 0.25) is 0 Å². The Labute approximate surface area is 147 Å². The van der Waals surface area contributed by atoms with Gasteiger partial charge in [0, 0.05) is 0 Å². The van der Waals surface area contributed by atoms with Gasteiger partial charge in [-0.3, -0.25) is 0 Å². The van der Waals surface area contributed by atoms with E-state index in [0.717, 1.165) is 19.3 Å². The summed E-state index contributed by atoms with van der Waals surface area (Å²) in [7, 11) is 4.42. The van der Waals surface area contributed by atoms with Crippen molar-refractivity contribution < 1.29 is 0 Å². The van der Waals surface area contributed by atoms with Crippen LogP contribution in [0.5, 0.6) is 0 Å². The van der Waals surface area contributed by atoms with Crippen LogP contribution in [-0.2, 0) is 19.3 Å². The Hall–Kier alpha value is -0.570. The van der Waals surface area contributed by atoms with Gasteiger partial charge in [0.05, 0.1) is 0 Å². The fourth-order valence-electron chi connectivity index (χ4n) is 3.12. The third-order valence-electron chi connectivity index (χ3n) is 3.65. The molecule has 0 aliphatic carbocycles. The summed E-state index contributed by atoms with van der Waals surface area (Å²) in [5, 5.41) is 0. The van der Waals surface area contributed by atoms with E-state index in [2.05, 4.69) is 88.8 Å². The van der Waals surface area contributed by atoms with E-state index in [1.807, 2.05) is 0 Å². The van der Waals surface area contributed by atoms with Gasteiger partial charge in [0.1, 0.15) is 0 Å². The summed E-state index contributed by atoms with van der Waals surface area (Å²) in [4.78, 5) is 0. The minimum absolute atomic E-state index is 0.263. The molecule has 0 saturated heterocycles. The average Bonchev–Trinajstić information content (AvgIpc) is 2.21. The second kappa shape index (κ2) is 7.13. The van der Waals surface area contributed by atoms with Crippen LogP contribution >= 0.6 is 8.70 Å². The van der Waals surface area contributed by atoms with Gasteiger partial charge in [0.2, 0.25) is 0 Å². The van der Waals surface area contributed by atoms with Gasteiger partial charge in [-0.05, 0) is 0 Å². The standard InChI is InChI=1S/C22H35P/c1-20(2,3)12-16-10-17(13-21(4,5)6)19(15-23)18(11-16)14-22(7,8)9/h10-11H,12-14H2,1-9H3. The first kappa shape index (κ1) is 20.5. The van der Waals surface area contributed by atoms with Gasteiger partial charge in [-0.2, -0.15) is 0 Å². The van der Waals surface area contributed by atoms with Crippen molar-refractivity contribution in [3.8, 4) is 5.63 Å². The molecule has 23 heavy (non-hydrogen) atoms. The van der Waals surface area contributed by atoms with Crippen LogP contribution in [0.15, 0.2) is 12.1 Å². The zero-order valence-corrected chi connectivity index (χ0v) is 17.6. The Morgan fingerprint density at radius 3 is 1.30 bits per heavy atom. The summed E-state index contributed by atoms with van der Waals surface area (Å²) in [6.45, 7) is 20.7. The molecule has 0 aliphatic rings. The molecule has 0 N–H and O–H groups in total. The van der Waals surface area contributed by atoms with E-state index in [1.54, 1.807) is 0 Å². The molecule has 1 rings (SSSR count). The summed E-state index contributed by atoms with van der Waals surface area (Å²) in [6.07, 6.45) is 3.23. The third kappa shape index (κ3) is 7.69. The van der Waals surface area contributed by atoms with Crippen LogP contribution in [0.4, 0.5) is 0 Å². The van der Waals surface area contributed by atoms with Crippen LogP contribution in [0.25, 0.3) is 0 Å². The van der Waals surface area contributed by atoms with Gasteiger partial charge < -0.3 is 0 Å². The van der Waals surface area contributed by atoms with Crippen molar-refractivity contribution in [1.29, 1.82) is 0 Å². The van der Waals surface area contributed by atoms with Crippen molar-refractivity contribution in [2.24, 2.45) is 16.2 Å². The average molecular weight is 330 g/mol. The van der Waals surface area contributed by atoms with Crippen molar-refractivity contribution >= 4 is 8.70 Å². The monoisotopic (exact) mass is 330 g/mol. The molecule has 0 spiro atoms. The Morgan fingerprint density at radius 1 is 0.696 bits per heavy atom. The molecule has 0 unspecified atom stereocenters. The Kier molecular flexibility index (Phi) is 6.34. The summed E-state index contributed by atoms with van der Waals surface area (Å²) >= 11 is 0. The SMILES string of the molecule is CC(C)(C)Cc1cc(CC(C)(C)C)c(C#P)c(CC(C)(C)C)c1. The van der Waals surface area contributed by atoms with Gasteiger partial charge >= 0.3 is 147 Å². The summed E-state index contributed by atoms with van der Waals surface area (Å²) < 4.78 is 0. The van der Waals surface area contributed by atoms with Crippen LogP contribution in [-0.4, -0.2) is 0 Å². The number of hydrogen-bond donors (Lipinski definition) is 0. The summed E-state index contributed by atoms with van der Waals surface area (Å²) in [5.41, 5.74) is 9.48. The van der Waals surface area contributed by atoms with Crippen LogP contribution in [0.3, 0.4) is 0 Å². The third-order valence-corrected chi connectivity index (χ3v) is 3.87. The molecule has 1 aromatic rings. The predicted octanol–water partition coefficient (Wildman–Crippen LogP) is 7.17. The van der Waals surface area contributed by atoms with E-state index in [-0.39, 0.29) is 10.8 Å². The molecule has 0 radical (unpaired) electrons. The predicted molar refractivity (Wildman–Crippen MR) is 106 cm³/mol. The van der Waals surface area contributed by atoms with E-state index in [1.165, 1.54) is 22.3 Å². The molecule has 0 saturated carbocycles. The fraction of sp³-hybridized carbons (Fsp3) is 0.682. The van der Waals surface area contributed by atoms with E-state index in [9.17, 15) is 0 Å². The first-order valence-electron chi connectivity index (χ1n) is 8.75. The maximum atomic E-state index is 4.42. The van der Waals surface area contributed by atoms with Gasteiger partial charge in [0.15, 0.2) is 0 Å². The second-order valence-electron chi connectivity index (χ2n) is 10.6. The number of hydrogen-bond acceptors (Lipinski definition) is 0. The van der Waals surface area contributed by atoms with Gasteiger partial charge in [-0.25, -0.2) is 0 Å². The molecule has 1 aromatic carbocycles. The zero-order valence-electron chi connectivity index (χ0n) is 16.7. The van der Waals surface area contributed by atoms with Crippen molar-refractivity contribution in [1.82, 2.24) is 0 Å². The van der Waals surface area contributed by atoms with E-state index < -0.39 is 0 Å². The van der Waals surface area contributed by atoms with Crippen molar-refractivity contribution in [3.05, 3.63) is 34.4 Å². The molecule has 0 nitrogen and oxygen atoms in total. The molecule has 0 amide bonds. The first-order valence-corrected chi connectivity index (χ1v) is 9.20. The van der Waals surface area contributed by atoms with Crippen LogP contribution in [0.1, 0.15) is 84.6 Å². The van der Waals surface area contributed by atoms with Crippen LogP contribution in [0, 0.1) is 21.9 Å². The quantitative estimate of drug-likeness (QED) is 0.515. The molecule has 1 heteroatoms. The summed E-state index contributed by atoms with van der Waals surface area (Å²) in [6, 6.07) is 4.78. The van der Waals surface area contributed by atoms with Gasteiger partial charge in [0.25, 0.3) is 0 Å². The molecular formula is C22H35P. The molecule has 0 heterocycles. The molecule has 0 aliphatic heterocycles. The topological polar surface area (TPSA) is 0 Å². The molecule has 0 fully saturated rings. The Bertz CT molecular complexity index is 543. The maximum absolute atomic E-state index is 4.42. The molecular weight excluding hydrogens is 295 g/mol. The molecule has 128 valence electrons.